The average molecular weight is 283 g/mol. The van der Waals surface area contributed by atoms with Gasteiger partial charge >= 0.3 is 5.91 Å². The molecule has 0 spiro atoms. The SMILES string of the molecule is CCCCc1ccc(C(=O)N[n+]2ccc(CC)cc2)cc1. The second-order valence-electron chi connectivity index (χ2n) is 5.21. The van der Waals surface area contributed by atoms with E-state index in [2.05, 4.69) is 19.3 Å². The Balaban J connectivity index is 1.98. The molecule has 21 heavy (non-hydrogen) atoms. The summed E-state index contributed by atoms with van der Waals surface area (Å²) < 4.78 is 1.69. The summed E-state index contributed by atoms with van der Waals surface area (Å²) in [4.78, 5) is 12.2. The standard InChI is InChI=1S/C18H22N2O/c1-3-5-6-16-7-9-17(10-8-16)18(21)19-20-13-11-15(4-2)12-14-20/h7-14H,3-6H2,1-2H3/p+1. The molecular formula is C18H23N2O+. The summed E-state index contributed by atoms with van der Waals surface area (Å²) in [7, 11) is 0. The molecule has 3 nitrogen and oxygen atoms in total. The van der Waals surface area contributed by atoms with Gasteiger partial charge in [0.15, 0.2) is 12.4 Å². The van der Waals surface area contributed by atoms with Gasteiger partial charge in [-0.3, -0.25) is 4.79 Å². The fourth-order valence-electron chi connectivity index (χ4n) is 2.15. The predicted molar refractivity (Wildman–Crippen MR) is 84.8 cm³/mol. The molecule has 0 aliphatic carbocycles. The lowest BCUT2D eigenvalue weighted by atomic mass is 10.1. The van der Waals surface area contributed by atoms with E-state index >= 15 is 0 Å². The third kappa shape index (κ3) is 4.42. The van der Waals surface area contributed by atoms with E-state index in [9.17, 15) is 4.79 Å². The lowest BCUT2D eigenvalue weighted by Gasteiger charge is -2.03. The van der Waals surface area contributed by atoms with E-state index in [0.717, 1.165) is 12.8 Å². The molecule has 1 heterocycles. The first-order chi connectivity index (χ1) is 10.2. The number of aryl methyl sites for hydroxylation is 2. The molecule has 2 aromatic rings. The maximum Gasteiger partial charge on any atom is 0.305 e. The fourth-order valence-corrected chi connectivity index (χ4v) is 2.15. The van der Waals surface area contributed by atoms with Gasteiger partial charge in [0.25, 0.3) is 0 Å². The van der Waals surface area contributed by atoms with Crippen molar-refractivity contribution in [2.45, 2.75) is 39.5 Å². The monoisotopic (exact) mass is 283 g/mol. The van der Waals surface area contributed by atoms with E-state index in [0.29, 0.717) is 5.56 Å². The van der Waals surface area contributed by atoms with Crippen molar-refractivity contribution in [3.63, 3.8) is 0 Å². The smallest absolute Gasteiger partial charge is 0.264 e. The number of nitrogens with one attached hydrogen (secondary N) is 1. The molecule has 1 aromatic carbocycles. The second-order valence-corrected chi connectivity index (χ2v) is 5.21. The average Bonchev–Trinajstić information content (AvgIpc) is 2.54. The molecule has 0 unspecified atom stereocenters. The van der Waals surface area contributed by atoms with Gasteiger partial charge in [-0.2, -0.15) is 0 Å². The van der Waals surface area contributed by atoms with Crippen LogP contribution in [-0.2, 0) is 12.8 Å². The Labute approximate surface area is 126 Å². The Morgan fingerprint density at radius 2 is 1.67 bits per heavy atom. The number of unbranched alkanes of at least 4 members (excludes halogenated alkanes) is 1. The molecule has 3 heteroatoms. The third-order valence-corrected chi connectivity index (χ3v) is 3.57. The number of hydrogen-bond donors (Lipinski definition) is 1. The zero-order valence-electron chi connectivity index (χ0n) is 12.8. The van der Waals surface area contributed by atoms with Crippen molar-refractivity contribution in [2.75, 3.05) is 5.43 Å². The Morgan fingerprint density at radius 1 is 1.00 bits per heavy atom. The summed E-state index contributed by atoms with van der Waals surface area (Å²) in [5.41, 5.74) is 6.07. The van der Waals surface area contributed by atoms with Crippen LogP contribution in [0.2, 0.25) is 0 Å². The number of carbonyl (C=O) groups excluding carboxylic acids is 1. The number of pyridine rings is 1. The third-order valence-electron chi connectivity index (χ3n) is 3.57. The van der Waals surface area contributed by atoms with E-state index in [1.54, 1.807) is 4.68 Å². The largest absolute Gasteiger partial charge is 0.305 e. The van der Waals surface area contributed by atoms with Crippen molar-refractivity contribution in [2.24, 2.45) is 0 Å². The van der Waals surface area contributed by atoms with Crippen molar-refractivity contribution >= 4 is 5.91 Å². The molecule has 0 aliphatic heterocycles. The van der Waals surface area contributed by atoms with Gasteiger partial charge < -0.3 is 0 Å². The number of hydrogen-bond acceptors (Lipinski definition) is 1. The number of nitrogens with zero attached hydrogens (tertiary/aromatic N) is 1. The van der Waals surface area contributed by atoms with Crippen LogP contribution in [-0.4, -0.2) is 5.91 Å². The molecule has 0 saturated carbocycles. The van der Waals surface area contributed by atoms with E-state index in [4.69, 9.17) is 0 Å². The zero-order valence-corrected chi connectivity index (χ0v) is 12.8. The molecule has 0 atom stereocenters. The molecule has 1 N–H and O–H groups in total. The van der Waals surface area contributed by atoms with Crippen LogP contribution < -0.4 is 10.1 Å². The molecule has 0 aliphatic rings. The summed E-state index contributed by atoms with van der Waals surface area (Å²) in [6, 6.07) is 11.9. The summed E-state index contributed by atoms with van der Waals surface area (Å²) >= 11 is 0. The van der Waals surface area contributed by atoms with Crippen molar-refractivity contribution in [3.8, 4) is 0 Å². The van der Waals surface area contributed by atoms with E-state index in [1.807, 2.05) is 48.8 Å². The molecule has 0 radical (unpaired) electrons. The van der Waals surface area contributed by atoms with E-state index in [1.165, 1.54) is 24.0 Å². The van der Waals surface area contributed by atoms with Gasteiger partial charge in [0.1, 0.15) is 0 Å². The molecule has 0 saturated heterocycles. The van der Waals surface area contributed by atoms with Crippen LogP contribution in [0.15, 0.2) is 48.8 Å². The van der Waals surface area contributed by atoms with Crippen LogP contribution in [0, 0.1) is 0 Å². The topological polar surface area (TPSA) is 33.0 Å². The van der Waals surface area contributed by atoms with Gasteiger partial charge in [0.05, 0.1) is 0 Å². The summed E-state index contributed by atoms with van der Waals surface area (Å²) in [5, 5.41) is 0. The van der Waals surface area contributed by atoms with Gasteiger partial charge in [-0.25, -0.2) is 0 Å². The number of rotatable bonds is 6. The number of carbonyl (C=O) groups is 1. The van der Waals surface area contributed by atoms with Crippen molar-refractivity contribution < 1.29 is 9.47 Å². The van der Waals surface area contributed by atoms with Crippen molar-refractivity contribution in [1.82, 2.24) is 0 Å². The highest BCUT2D eigenvalue weighted by Crippen LogP contribution is 2.08. The maximum atomic E-state index is 12.2. The van der Waals surface area contributed by atoms with Crippen LogP contribution in [0.5, 0.6) is 0 Å². The van der Waals surface area contributed by atoms with Gasteiger partial charge in [-0.15, -0.1) is 5.43 Å². The normalized spacial score (nSPS) is 10.4. The van der Waals surface area contributed by atoms with E-state index < -0.39 is 0 Å². The van der Waals surface area contributed by atoms with Crippen LogP contribution in [0.25, 0.3) is 0 Å². The predicted octanol–water partition coefficient (Wildman–Crippen LogP) is 3.26. The molecule has 0 bridgehead atoms. The van der Waals surface area contributed by atoms with Crippen LogP contribution in [0.1, 0.15) is 48.2 Å². The molecule has 2 rings (SSSR count). The lowest BCUT2D eigenvalue weighted by molar-refractivity contribution is -0.641. The number of amides is 1. The van der Waals surface area contributed by atoms with Crippen molar-refractivity contribution in [1.29, 1.82) is 0 Å². The van der Waals surface area contributed by atoms with Gasteiger partial charge in [0, 0.05) is 17.7 Å². The van der Waals surface area contributed by atoms with Gasteiger partial charge in [-0.05, 0) is 42.5 Å². The van der Waals surface area contributed by atoms with E-state index in [-0.39, 0.29) is 5.91 Å². The highest BCUT2D eigenvalue weighted by atomic mass is 16.2. The second kappa shape index (κ2) is 7.58. The summed E-state index contributed by atoms with van der Waals surface area (Å²) in [6.07, 6.45) is 8.18. The molecule has 110 valence electrons. The quantitative estimate of drug-likeness (QED) is 0.811. The summed E-state index contributed by atoms with van der Waals surface area (Å²) in [6.45, 7) is 4.29. The van der Waals surface area contributed by atoms with Crippen molar-refractivity contribution in [3.05, 3.63) is 65.5 Å². The minimum absolute atomic E-state index is 0.0914. The fraction of sp³-hybridized carbons (Fsp3) is 0.333. The lowest BCUT2D eigenvalue weighted by Crippen LogP contribution is -2.47. The minimum atomic E-state index is -0.0914. The highest BCUT2D eigenvalue weighted by molar-refractivity contribution is 5.98. The Morgan fingerprint density at radius 3 is 2.24 bits per heavy atom. The van der Waals surface area contributed by atoms with Gasteiger partial charge in [-0.1, -0.05) is 37.1 Å². The maximum absolute atomic E-state index is 12.2. The van der Waals surface area contributed by atoms with Crippen LogP contribution in [0.3, 0.4) is 0 Å². The minimum Gasteiger partial charge on any atom is -0.264 e. The first-order valence-corrected chi connectivity index (χ1v) is 7.63. The van der Waals surface area contributed by atoms with Crippen LogP contribution >= 0.6 is 0 Å². The summed E-state index contributed by atoms with van der Waals surface area (Å²) in [5.74, 6) is -0.0914. The molecule has 0 fully saturated rings. The molecular weight excluding hydrogens is 260 g/mol. The Kier molecular flexibility index (Phi) is 5.50. The van der Waals surface area contributed by atoms with Gasteiger partial charge in [0.2, 0.25) is 0 Å². The number of aromatic nitrogens is 1. The number of benzene rings is 1. The highest BCUT2D eigenvalue weighted by Gasteiger charge is 2.10. The molecule has 1 amide bonds. The molecule has 1 aromatic heterocycles. The van der Waals surface area contributed by atoms with Crippen LogP contribution in [0.4, 0.5) is 0 Å². The zero-order chi connectivity index (χ0) is 15.1. The Hall–Kier alpha value is -2.16. The Bertz CT molecular complexity index is 573. The first kappa shape index (κ1) is 15.2. The first-order valence-electron chi connectivity index (χ1n) is 7.63.